The first-order valence-electron chi connectivity index (χ1n) is 10.4. The summed E-state index contributed by atoms with van der Waals surface area (Å²) in [6.45, 7) is 7.39. The van der Waals surface area contributed by atoms with E-state index in [4.69, 9.17) is 0 Å². The van der Waals surface area contributed by atoms with Crippen molar-refractivity contribution in [1.82, 2.24) is 5.32 Å². The highest BCUT2D eigenvalue weighted by molar-refractivity contribution is 7.92. The van der Waals surface area contributed by atoms with Crippen LogP contribution in [0.3, 0.4) is 0 Å². The van der Waals surface area contributed by atoms with Gasteiger partial charge in [-0.25, -0.2) is 8.42 Å². The summed E-state index contributed by atoms with van der Waals surface area (Å²) < 4.78 is 26.1. The Bertz CT molecular complexity index is 1020. The summed E-state index contributed by atoms with van der Waals surface area (Å²) in [5.74, 6) is -0.832. The van der Waals surface area contributed by atoms with Crippen LogP contribution in [0.5, 0.6) is 0 Å². The Morgan fingerprint density at radius 2 is 1.61 bits per heavy atom. The highest BCUT2D eigenvalue weighted by Crippen LogP contribution is 2.23. The molecule has 2 rings (SSSR count). The predicted octanol–water partition coefficient (Wildman–Crippen LogP) is 3.57. The van der Waals surface area contributed by atoms with E-state index in [2.05, 4.69) is 10.6 Å². The number of rotatable bonds is 9. The molecule has 2 N–H and O–H groups in total. The van der Waals surface area contributed by atoms with Gasteiger partial charge in [-0.3, -0.25) is 13.9 Å². The lowest BCUT2D eigenvalue weighted by Gasteiger charge is -2.28. The van der Waals surface area contributed by atoms with Crippen LogP contribution in [0.15, 0.2) is 48.5 Å². The van der Waals surface area contributed by atoms with E-state index in [1.54, 1.807) is 36.4 Å². The summed E-state index contributed by atoms with van der Waals surface area (Å²) >= 11 is 0. The molecule has 0 aliphatic rings. The zero-order valence-corrected chi connectivity index (χ0v) is 19.5. The van der Waals surface area contributed by atoms with Crippen LogP contribution in [0, 0.1) is 0 Å². The van der Waals surface area contributed by atoms with Crippen LogP contribution in [0.2, 0.25) is 0 Å². The van der Waals surface area contributed by atoms with Crippen LogP contribution in [-0.2, 0) is 21.2 Å². The van der Waals surface area contributed by atoms with Crippen LogP contribution < -0.4 is 14.9 Å². The summed E-state index contributed by atoms with van der Waals surface area (Å²) in [4.78, 5) is 25.6. The molecule has 7 nitrogen and oxygen atoms in total. The Kier molecular flexibility index (Phi) is 8.21. The lowest BCUT2D eigenvalue weighted by atomic mass is 10.1. The van der Waals surface area contributed by atoms with Crippen molar-refractivity contribution in [2.24, 2.45) is 0 Å². The number of hydrogen-bond acceptors (Lipinski definition) is 4. The lowest BCUT2D eigenvalue weighted by Crippen LogP contribution is -2.45. The maximum atomic E-state index is 13.0. The Morgan fingerprint density at radius 1 is 1.00 bits per heavy atom. The van der Waals surface area contributed by atoms with Gasteiger partial charge in [0.15, 0.2) is 0 Å². The molecule has 0 aliphatic heterocycles. The monoisotopic (exact) mass is 445 g/mol. The molecule has 2 atom stereocenters. The largest absolute Gasteiger partial charge is 0.350 e. The topological polar surface area (TPSA) is 95.6 Å². The number of nitrogens with zero attached hydrogens (tertiary/aromatic N) is 1. The predicted molar refractivity (Wildman–Crippen MR) is 125 cm³/mol. The Balaban J connectivity index is 2.30. The van der Waals surface area contributed by atoms with E-state index < -0.39 is 22.0 Å². The number of benzene rings is 2. The highest BCUT2D eigenvalue weighted by Gasteiger charge is 2.29. The number of para-hydroxylation sites is 1. The zero-order chi connectivity index (χ0) is 23.2. The summed E-state index contributed by atoms with van der Waals surface area (Å²) in [6, 6.07) is 12.7. The standard InChI is InChI=1S/C23H31N3O4S/c1-6-16(3)24-23(28)20-10-8-9-11-21(20)25-22(27)17(4)26(31(5,29)30)19-14-12-18(7-2)13-15-19/h8-17H,6-7H2,1-5H3,(H,24,28)(H,25,27)/t16-,17+/m0/s1. The first-order chi connectivity index (χ1) is 14.6. The molecule has 168 valence electrons. The van der Waals surface area contributed by atoms with E-state index in [1.807, 2.05) is 32.9 Å². The summed E-state index contributed by atoms with van der Waals surface area (Å²) in [6.07, 6.45) is 2.67. The molecule has 2 aromatic carbocycles. The molecule has 0 unspecified atom stereocenters. The minimum absolute atomic E-state index is 0.0120. The third kappa shape index (κ3) is 6.30. The molecule has 0 fully saturated rings. The second kappa shape index (κ2) is 10.4. The maximum absolute atomic E-state index is 13.0. The number of nitrogens with one attached hydrogen (secondary N) is 2. The zero-order valence-electron chi connectivity index (χ0n) is 18.7. The molecular formula is C23H31N3O4S. The van der Waals surface area contributed by atoms with Crippen molar-refractivity contribution in [3.63, 3.8) is 0 Å². The van der Waals surface area contributed by atoms with Crippen LogP contribution in [0.4, 0.5) is 11.4 Å². The van der Waals surface area contributed by atoms with Crippen molar-refractivity contribution in [3.05, 3.63) is 59.7 Å². The molecule has 0 heterocycles. The van der Waals surface area contributed by atoms with Gasteiger partial charge in [0.2, 0.25) is 15.9 Å². The van der Waals surface area contributed by atoms with Crippen LogP contribution in [-0.4, -0.2) is 38.6 Å². The average molecular weight is 446 g/mol. The Hall–Kier alpha value is -2.87. The lowest BCUT2D eigenvalue weighted by molar-refractivity contribution is -0.116. The van der Waals surface area contributed by atoms with Gasteiger partial charge in [-0.05, 0) is 56.5 Å². The van der Waals surface area contributed by atoms with Crippen molar-refractivity contribution in [1.29, 1.82) is 0 Å². The molecule has 0 saturated heterocycles. The number of amides is 2. The Morgan fingerprint density at radius 3 is 2.16 bits per heavy atom. The van der Waals surface area contributed by atoms with Gasteiger partial charge in [0.25, 0.3) is 5.91 Å². The molecule has 0 spiro atoms. The van der Waals surface area contributed by atoms with E-state index in [-0.39, 0.29) is 11.9 Å². The molecule has 8 heteroatoms. The van der Waals surface area contributed by atoms with Crippen molar-refractivity contribution < 1.29 is 18.0 Å². The van der Waals surface area contributed by atoms with E-state index in [1.165, 1.54) is 6.92 Å². The van der Waals surface area contributed by atoms with Crippen LogP contribution in [0.1, 0.15) is 50.0 Å². The number of carbonyl (C=O) groups excluding carboxylic acids is 2. The van der Waals surface area contributed by atoms with Gasteiger partial charge in [0.05, 0.1) is 23.2 Å². The number of sulfonamides is 1. The van der Waals surface area contributed by atoms with Crippen molar-refractivity contribution in [2.45, 2.75) is 52.6 Å². The molecule has 0 saturated carbocycles. The van der Waals surface area contributed by atoms with Gasteiger partial charge < -0.3 is 10.6 Å². The summed E-state index contributed by atoms with van der Waals surface area (Å²) in [5.41, 5.74) is 2.12. The SMILES string of the molecule is CCc1ccc(N([C@H](C)C(=O)Nc2ccccc2C(=O)N[C@@H](C)CC)S(C)(=O)=O)cc1. The molecule has 0 aromatic heterocycles. The van der Waals surface area contributed by atoms with Crippen molar-refractivity contribution in [3.8, 4) is 0 Å². The van der Waals surface area contributed by atoms with E-state index >= 15 is 0 Å². The summed E-state index contributed by atoms with van der Waals surface area (Å²) in [5, 5.41) is 5.60. The molecule has 2 amide bonds. The third-order valence-electron chi connectivity index (χ3n) is 5.11. The molecule has 0 aliphatic carbocycles. The van der Waals surface area contributed by atoms with Gasteiger partial charge in [-0.1, -0.05) is 38.1 Å². The van der Waals surface area contributed by atoms with Crippen molar-refractivity contribution >= 4 is 33.2 Å². The minimum atomic E-state index is -3.73. The second-order valence-corrected chi connectivity index (χ2v) is 9.43. The third-order valence-corrected chi connectivity index (χ3v) is 6.35. The van der Waals surface area contributed by atoms with E-state index in [0.29, 0.717) is 16.9 Å². The highest BCUT2D eigenvalue weighted by atomic mass is 32.2. The molecule has 31 heavy (non-hydrogen) atoms. The normalized spacial score (nSPS) is 13.2. The minimum Gasteiger partial charge on any atom is -0.350 e. The number of carbonyl (C=O) groups is 2. The van der Waals surface area contributed by atoms with Crippen LogP contribution in [0.25, 0.3) is 0 Å². The average Bonchev–Trinajstić information content (AvgIpc) is 2.73. The number of aryl methyl sites for hydroxylation is 1. The molecule has 0 bridgehead atoms. The van der Waals surface area contributed by atoms with E-state index in [9.17, 15) is 18.0 Å². The van der Waals surface area contributed by atoms with Gasteiger partial charge in [-0.2, -0.15) is 0 Å². The quantitative estimate of drug-likeness (QED) is 0.617. The maximum Gasteiger partial charge on any atom is 0.253 e. The molecular weight excluding hydrogens is 414 g/mol. The first kappa shape index (κ1) is 24.4. The van der Waals surface area contributed by atoms with Crippen molar-refractivity contribution in [2.75, 3.05) is 15.9 Å². The molecule has 2 aromatic rings. The smallest absolute Gasteiger partial charge is 0.253 e. The fraction of sp³-hybridized carbons (Fsp3) is 0.391. The van der Waals surface area contributed by atoms with E-state index in [0.717, 1.165) is 29.0 Å². The fourth-order valence-electron chi connectivity index (χ4n) is 3.12. The summed E-state index contributed by atoms with van der Waals surface area (Å²) in [7, 11) is -3.73. The second-order valence-electron chi connectivity index (χ2n) is 7.57. The first-order valence-corrected chi connectivity index (χ1v) is 12.2. The Labute approximate surface area is 184 Å². The number of hydrogen-bond donors (Lipinski definition) is 2. The van der Waals surface area contributed by atoms with Gasteiger partial charge in [-0.15, -0.1) is 0 Å². The van der Waals surface area contributed by atoms with Gasteiger partial charge in [0, 0.05) is 6.04 Å². The number of anilines is 2. The molecule has 0 radical (unpaired) electrons. The van der Waals surface area contributed by atoms with Gasteiger partial charge >= 0.3 is 0 Å². The fourth-order valence-corrected chi connectivity index (χ4v) is 4.29. The van der Waals surface area contributed by atoms with Gasteiger partial charge in [0.1, 0.15) is 6.04 Å². The van der Waals surface area contributed by atoms with Crippen LogP contribution >= 0.6 is 0 Å².